The van der Waals surface area contributed by atoms with Gasteiger partial charge in [-0.05, 0) is 130 Å². The number of para-hydroxylation sites is 10. The molecular weight excluding hydrogens is 1040 g/mol. The molecule has 13 aromatic carbocycles. The van der Waals surface area contributed by atoms with Crippen LogP contribution in [0.1, 0.15) is 0 Å². The van der Waals surface area contributed by atoms with Crippen LogP contribution in [0.25, 0.3) is 110 Å². The molecule has 0 atom stereocenters. The second-order valence-corrected chi connectivity index (χ2v) is 23.9. The number of aromatic nitrogens is 4. The number of hydrogen-bond donors (Lipinski definition) is 0. The summed E-state index contributed by atoms with van der Waals surface area (Å²) in [6, 6.07) is 105. The van der Waals surface area contributed by atoms with Gasteiger partial charge in [0, 0.05) is 99.6 Å². The Morgan fingerprint density at radius 2 is 0.535 bits per heavy atom. The predicted octanol–water partition coefficient (Wildman–Crippen LogP) is 15.3. The summed E-state index contributed by atoms with van der Waals surface area (Å²) < 4.78 is 10.3. The van der Waals surface area contributed by atoms with Crippen LogP contribution in [0.2, 0.25) is 0 Å². The molecule has 4 aliphatic heterocycles. The van der Waals surface area contributed by atoms with Crippen LogP contribution in [0, 0.1) is 0 Å². The van der Waals surface area contributed by atoms with Gasteiger partial charge in [0.1, 0.15) is 0 Å². The number of benzene rings is 13. The van der Waals surface area contributed by atoms with Crippen LogP contribution in [0.5, 0.6) is 0 Å². The maximum atomic E-state index is 2.66. The van der Waals surface area contributed by atoms with Crippen molar-refractivity contribution in [2.75, 3.05) is 9.80 Å². The highest BCUT2D eigenvalue weighted by atomic mass is 15.2. The fourth-order valence-corrected chi connectivity index (χ4v) is 16.7. The van der Waals surface area contributed by atoms with E-state index in [9.17, 15) is 0 Å². The first-order valence-electron chi connectivity index (χ1n) is 30.0. The van der Waals surface area contributed by atoms with Crippen LogP contribution in [0.3, 0.4) is 0 Å². The fourth-order valence-electron chi connectivity index (χ4n) is 16.7. The molecule has 17 aromatic rings. The second-order valence-electron chi connectivity index (χ2n) is 23.9. The van der Waals surface area contributed by atoms with E-state index in [1.54, 1.807) is 0 Å². The molecular formula is C78H46B2N6. The lowest BCUT2D eigenvalue weighted by atomic mass is 9.34. The average Bonchev–Trinajstić information content (AvgIpc) is 1.42. The monoisotopic (exact) mass is 1090 g/mol. The first-order valence-corrected chi connectivity index (χ1v) is 30.0. The standard InChI is InChI=1S/C78H46B2N6/c1-3-21-47(22-4-1)81-65-39-17-11-31-57(65)79-59-33-19-29-55-73-67(85(77(55)59)71-45-49(43-69(81)75(71)79)83-61-35-13-7-25-51(61)52-26-8-14-36-62(52)83)41-42-68-74(73)56-30-20-34-60-78(56)86(68)72-46-50(84-63-37-15-9-27-53(63)54-28-10-16-38-64(54)84)44-70-76(72)80(60)58-32-12-18-40-66(58)82(70)48-23-5-2-6-24-48/h1-46H. The van der Waals surface area contributed by atoms with Crippen molar-refractivity contribution in [2.45, 2.75) is 0 Å². The van der Waals surface area contributed by atoms with Crippen LogP contribution in [-0.4, -0.2) is 31.7 Å². The maximum absolute atomic E-state index is 2.66. The molecule has 394 valence electrons. The topological polar surface area (TPSA) is 26.2 Å². The van der Waals surface area contributed by atoms with Gasteiger partial charge >= 0.3 is 0 Å². The van der Waals surface area contributed by atoms with Crippen LogP contribution in [-0.2, 0) is 0 Å². The molecule has 0 spiro atoms. The van der Waals surface area contributed by atoms with Crippen LogP contribution < -0.4 is 42.6 Å². The summed E-state index contributed by atoms with van der Waals surface area (Å²) in [5, 5.41) is 10.1. The molecule has 6 nitrogen and oxygen atoms in total. The molecule has 8 heterocycles. The highest BCUT2D eigenvalue weighted by Gasteiger charge is 2.45. The zero-order valence-electron chi connectivity index (χ0n) is 46.4. The van der Waals surface area contributed by atoms with Crippen molar-refractivity contribution in [1.29, 1.82) is 0 Å². The van der Waals surface area contributed by atoms with Gasteiger partial charge in [-0.3, -0.25) is 0 Å². The van der Waals surface area contributed by atoms with Gasteiger partial charge in [0.25, 0.3) is 13.4 Å². The van der Waals surface area contributed by atoms with E-state index >= 15 is 0 Å². The SMILES string of the molecule is c1ccc(N2c3ccccc3B3c4c2cc(-n2c5ccccc5c5ccccc52)cc4-n2c4ccc5c(c6cccc7c6n5-c5cc(-n6c8ccccc8c8ccccc86)cc6c5B7c5ccccc5N6c5ccccc5)c4c4cccc3c42)cc1. The lowest BCUT2D eigenvalue weighted by Gasteiger charge is -2.40. The highest BCUT2D eigenvalue weighted by molar-refractivity contribution is 7.01. The van der Waals surface area contributed by atoms with Gasteiger partial charge in [-0.15, -0.1) is 0 Å². The number of hydrogen-bond acceptors (Lipinski definition) is 2. The zero-order valence-corrected chi connectivity index (χ0v) is 46.4. The van der Waals surface area contributed by atoms with Gasteiger partial charge in [-0.25, -0.2) is 0 Å². The van der Waals surface area contributed by atoms with Crippen molar-refractivity contribution in [3.63, 3.8) is 0 Å². The molecule has 0 N–H and O–H groups in total. The summed E-state index contributed by atoms with van der Waals surface area (Å²) in [6.45, 7) is -0.0390. The number of fused-ring (bicyclic) bond motifs is 21. The molecule has 4 aliphatic rings. The molecule has 8 heteroatoms. The van der Waals surface area contributed by atoms with Crippen LogP contribution in [0.4, 0.5) is 34.1 Å². The predicted molar refractivity (Wildman–Crippen MR) is 362 cm³/mol. The van der Waals surface area contributed by atoms with Gasteiger partial charge in [0.2, 0.25) is 0 Å². The first-order chi connectivity index (χ1) is 42.7. The molecule has 0 radical (unpaired) electrons. The third-order valence-corrected chi connectivity index (χ3v) is 19.9. The van der Waals surface area contributed by atoms with Crippen molar-refractivity contribution in [3.8, 4) is 22.7 Å². The molecule has 0 saturated carbocycles. The van der Waals surface area contributed by atoms with Crippen molar-refractivity contribution >= 4 is 168 Å². The van der Waals surface area contributed by atoms with Crippen molar-refractivity contribution in [2.24, 2.45) is 0 Å². The number of rotatable bonds is 4. The maximum Gasteiger partial charge on any atom is 0.252 e. The summed E-state index contributed by atoms with van der Waals surface area (Å²) in [5.74, 6) is 0. The van der Waals surface area contributed by atoms with Gasteiger partial charge in [-0.2, -0.15) is 0 Å². The lowest BCUT2D eigenvalue weighted by Crippen LogP contribution is -2.60. The van der Waals surface area contributed by atoms with Crippen molar-refractivity contribution < 1.29 is 0 Å². The third kappa shape index (κ3) is 5.56. The van der Waals surface area contributed by atoms with E-state index in [1.165, 1.54) is 154 Å². The summed E-state index contributed by atoms with van der Waals surface area (Å²) in [5.41, 5.74) is 29.4. The quantitative estimate of drug-likeness (QED) is 0.164. The van der Waals surface area contributed by atoms with Crippen LogP contribution in [0.15, 0.2) is 279 Å². The molecule has 0 fully saturated rings. The largest absolute Gasteiger partial charge is 0.311 e. The van der Waals surface area contributed by atoms with Gasteiger partial charge in [0.05, 0.1) is 44.5 Å². The summed E-state index contributed by atoms with van der Waals surface area (Å²) >= 11 is 0. The van der Waals surface area contributed by atoms with Crippen molar-refractivity contribution in [1.82, 2.24) is 18.3 Å². The summed E-state index contributed by atoms with van der Waals surface area (Å²) in [7, 11) is 0. The Morgan fingerprint density at radius 1 is 0.209 bits per heavy atom. The Labute approximate surface area is 494 Å². The average molecular weight is 1090 g/mol. The molecule has 0 bridgehead atoms. The minimum absolute atomic E-state index is 0.0195. The molecule has 4 aromatic heterocycles. The zero-order chi connectivity index (χ0) is 55.6. The van der Waals surface area contributed by atoms with Gasteiger partial charge in [0.15, 0.2) is 0 Å². The Balaban J connectivity index is 0.910. The van der Waals surface area contributed by atoms with E-state index in [0.717, 1.165) is 22.7 Å². The normalized spacial score (nSPS) is 13.5. The summed E-state index contributed by atoms with van der Waals surface area (Å²) in [4.78, 5) is 5.06. The van der Waals surface area contributed by atoms with Gasteiger partial charge in [-0.1, -0.05) is 182 Å². The number of nitrogens with zero attached hydrogens (tertiary/aromatic N) is 6. The number of anilines is 6. The minimum atomic E-state index is -0.0195. The Bertz CT molecular complexity index is 5420. The smallest absolute Gasteiger partial charge is 0.252 e. The molecule has 86 heavy (non-hydrogen) atoms. The second kappa shape index (κ2) is 16.3. The molecule has 21 rings (SSSR count). The highest BCUT2D eigenvalue weighted by Crippen LogP contribution is 2.49. The van der Waals surface area contributed by atoms with E-state index in [1.807, 2.05) is 0 Å². The molecule has 0 unspecified atom stereocenters. The molecule has 0 saturated heterocycles. The van der Waals surface area contributed by atoms with E-state index < -0.39 is 0 Å². The van der Waals surface area contributed by atoms with Gasteiger partial charge < -0.3 is 28.1 Å². The lowest BCUT2D eigenvalue weighted by molar-refractivity contribution is 1.13. The fraction of sp³-hybridized carbons (Fsp3) is 0. The van der Waals surface area contributed by atoms with Crippen LogP contribution >= 0.6 is 0 Å². The third-order valence-electron chi connectivity index (χ3n) is 19.9. The Hall–Kier alpha value is -11.2. The Morgan fingerprint density at radius 3 is 0.942 bits per heavy atom. The van der Waals surface area contributed by atoms with E-state index in [2.05, 4.69) is 307 Å². The van der Waals surface area contributed by atoms with E-state index in [4.69, 9.17) is 0 Å². The van der Waals surface area contributed by atoms with E-state index in [-0.39, 0.29) is 13.4 Å². The first kappa shape index (κ1) is 45.3. The Kier molecular flexibility index (Phi) is 8.60. The minimum Gasteiger partial charge on any atom is -0.311 e. The molecule has 0 aliphatic carbocycles. The molecule has 0 amide bonds. The van der Waals surface area contributed by atoms with E-state index in [0.29, 0.717) is 0 Å². The van der Waals surface area contributed by atoms with Crippen molar-refractivity contribution in [3.05, 3.63) is 279 Å². The summed E-state index contributed by atoms with van der Waals surface area (Å²) in [6.07, 6.45) is 0.